The number of carbonyl (C=O) groups is 1. The van der Waals surface area contributed by atoms with Gasteiger partial charge in [-0.1, -0.05) is 0 Å². The Balaban J connectivity index is 1.65. The highest BCUT2D eigenvalue weighted by Gasteiger charge is 2.47. The summed E-state index contributed by atoms with van der Waals surface area (Å²) >= 11 is 1.36. The van der Waals surface area contributed by atoms with Crippen LogP contribution in [0.25, 0.3) is 0 Å². The SMILES string of the molecule is CSC=CC(=O)Nc1ccn(C2CC(O)C(OC3OC(C)C(N(C)C)C(O)C3O)C(C)O2)c(=O)n1. The van der Waals surface area contributed by atoms with Gasteiger partial charge in [0, 0.05) is 18.7 Å². The number of likely N-dealkylation sites (N-methyl/N-ethyl adjacent to an activating group) is 1. The standard InChI is InChI=1S/C22H34N4O8S/c1-11-17(25(3)4)18(29)19(30)21(33-11)34-20-12(2)32-16(10-13(20)27)26-8-6-14(24-22(26)31)23-15(28)7-9-35-5/h6-9,11-13,16-21,27,29-30H,10H2,1-5H3,(H,23,24,28,31). The third-order valence-corrected chi connectivity index (χ3v) is 6.51. The van der Waals surface area contributed by atoms with Crippen LogP contribution in [-0.2, 0) is 19.0 Å². The molecule has 9 unspecified atom stereocenters. The van der Waals surface area contributed by atoms with Gasteiger partial charge in [-0.3, -0.25) is 9.36 Å². The van der Waals surface area contributed by atoms with Crippen LogP contribution in [0.3, 0.4) is 0 Å². The van der Waals surface area contributed by atoms with Gasteiger partial charge in [0.25, 0.3) is 0 Å². The summed E-state index contributed by atoms with van der Waals surface area (Å²) in [7, 11) is 3.56. The van der Waals surface area contributed by atoms with Crippen LogP contribution in [-0.4, -0.2) is 105 Å². The molecule has 4 N–H and O–H groups in total. The molecule has 12 nitrogen and oxygen atoms in total. The monoisotopic (exact) mass is 514 g/mol. The van der Waals surface area contributed by atoms with E-state index in [0.29, 0.717) is 0 Å². The zero-order valence-corrected chi connectivity index (χ0v) is 21.2. The number of aromatic nitrogens is 2. The van der Waals surface area contributed by atoms with E-state index in [4.69, 9.17) is 14.2 Å². The normalized spacial score (nSPS) is 36.0. The lowest BCUT2D eigenvalue weighted by molar-refractivity contribution is -0.322. The van der Waals surface area contributed by atoms with Gasteiger partial charge >= 0.3 is 5.69 Å². The molecule has 0 saturated carbocycles. The van der Waals surface area contributed by atoms with E-state index in [-0.39, 0.29) is 12.2 Å². The highest BCUT2D eigenvalue weighted by molar-refractivity contribution is 8.01. The molecule has 1 aromatic heterocycles. The second kappa shape index (κ2) is 11.9. The number of aliphatic hydroxyl groups is 3. The average molecular weight is 515 g/mol. The van der Waals surface area contributed by atoms with Crippen LogP contribution >= 0.6 is 11.8 Å². The highest BCUT2D eigenvalue weighted by Crippen LogP contribution is 2.32. The molecule has 0 radical (unpaired) electrons. The van der Waals surface area contributed by atoms with Gasteiger partial charge in [0.2, 0.25) is 5.91 Å². The Labute approximate surface area is 207 Å². The van der Waals surface area contributed by atoms with Crippen molar-refractivity contribution in [2.45, 2.75) is 75.5 Å². The van der Waals surface area contributed by atoms with Crippen molar-refractivity contribution in [2.75, 3.05) is 25.7 Å². The van der Waals surface area contributed by atoms with Crippen molar-refractivity contribution in [1.82, 2.24) is 14.5 Å². The van der Waals surface area contributed by atoms with Gasteiger partial charge in [-0.25, -0.2) is 4.79 Å². The Morgan fingerprint density at radius 2 is 1.97 bits per heavy atom. The molecule has 1 amide bonds. The van der Waals surface area contributed by atoms with E-state index in [1.165, 1.54) is 34.7 Å². The molecule has 9 atom stereocenters. The number of thioether (sulfide) groups is 1. The quantitative estimate of drug-likeness (QED) is 0.348. The third-order valence-electron chi connectivity index (χ3n) is 6.10. The Kier molecular flexibility index (Phi) is 9.46. The van der Waals surface area contributed by atoms with Crippen molar-refractivity contribution in [2.24, 2.45) is 0 Å². The molecule has 2 aliphatic heterocycles. The van der Waals surface area contributed by atoms with Crippen LogP contribution in [0.15, 0.2) is 28.5 Å². The summed E-state index contributed by atoms with van der Waals surface area (Å²) in [6, 6.07) is 1.04. The van der Waals surface area contributed by atoms with E-state index < -0.39 is 66.8 Å². The van der Waals surface area contributed by atoms with Crippen molar-refractivity contribution < 1.29 is 34.3 Å². The Bertz CT molecular complexity index is 948. The molecule has 3 heterocycles. The predicted molar refractivity (Wildman–Crippen MR) is 129 cm³/mol. The van der Waals surface area contributed by atoms with E-state index in [9.17, 15) is 24.9 Å². The molecule has 0 aromatic carbocycles. The number of hydrogen-bond acceptors (Lipinski definition) is 11. The van der Waals surface area contributed by atoms with Gasteiger partial charge in [-0.05, 0) is 45.7 Å². The first-order valence-electron chi connectivity index (χ1n) is 11.3. The maximum Gasteiger partial charge on any atom is 0.351 e. The summed E-state index contributed by atoms with van der Waals surface area (Å²) < 4.78 is 18.8. The smallest absolute Gasteiger partial charge is 0.351 e. The maximum atomic E-state index is 12.5. The molecular weight excluding hydrogens is 480 g/mol. The first kappa shape index (κ1) is 27.7. The number of aliphatic hydroxyl groups excluding tert-OH is 3. The fourth-order valence-electron chi connectivity index (χ4n) is 4.42. The minimum absolute atomic E-state index is 0.0139. The van der Waals surface area contributed by atoms with Gasteiger partial charge in [0.15, 0.2) is 6.29 Å². The van der Waals surface area contributed by atoms with E-state index in [1.54, 1.807) is 38.3 Å². The van der Waals surface area contributed by atoms with Gasteiger partial charge in [-0.2, -0.15) is 4.98 Å². The van der Waals surface area contributed by atoms with Gasteiger partial charge in [0.1, 0.15) is 30.4 Å². The van der Waals surface area contributed by atoms with Crippen LogP contribution in [0.4, 0.5) is 5.82 Å². The molecule has 0 aliphatic carbocycles. The second-order valence-electron chi connectivity index (χ2n) is 8.87. The van der Waals surface area contributed by atoms with Gasteiger partial charge < -0.3 is 39.7 Å². The molecule has 196 valence electrons. The molecule has 0 bridgehead atoms. The van der Waals surface area contributed by atoms with E-state index >= 15 is 0 Å². The number of carbonyl (C=O) groups excluding carboxylic acids is 1. The summed E-state index contributed by atoms with van der Waals surface area (Å²) in [5.41, 5.74) is -0.655. The average Bonchev–Trinajstić information content (AvgIpc) is 2.77. The largest absolute Gasteiger partial charge is 0.390 e. The lowest BCUT2D eigenvalue weighted by atomic mass is 9.95. The lowest BCUT2D eigenvalue weighted by Gasteiger charge is -2.46. The Hall–Kier alpha value is -1.84. The molecule has 3 rings (SSSR count). The lowest BCUT2D eigenvalue weighted by Crippen LogP contribution is -2.63. The summed E-state index contributed by atoms with van der Waals surface area (Å²) in [4.78, 5) is 30.0. The number of anilines is 1. The molecule has 2 aliphatic rings. The molecule has 1 aromatic rings. The molecule has 0 spiro atoms. The summed E-state index contributed by atoms with van der Waals surface area (Å²) in [6.07, 6.45) is -2.86. The number of nitrogens with zero attached hydrogens (tertiary/aromatic N) is 3. The second-order valence-corrected chi connectivity index (χ2v) is 9.62. The zero-order chi connectivity index (χ0) is 25.9. The van der Waals surface area contributed by atoms with Gasteiger partial charge in [0.05, 0.1) is 24.4 Å². The van der Waals surface area contributed by atoms with E-state index in [1.807, 2.05) is 6.26 Å². The van der Waals surface area contributed by atoms with E-state index in [2.05, 4.69) is 10.3 Å². The van der Waals surface area contributed by atoms with Gasteiger partial charge in [-0.15, -0.1) is 11.8 Å². The summed E-state index contributed by atoms with van der Waals surface area (Å²) in [5.74, 6) is -0.315. The fraction of sp³-hybridized carbons (Fsp3) is 0.682. The van der Waals surface area contributed by atoms with Crippen LogP contribution in [0.1, 0.15) is 26.5 Å². The minimum atomic E-state index is -1.32. The number of rotatable bonds is 7. The molecule has 2 fully saturated rings. The van der Waals surface area contributed by atoms with Crippen molar-refractivity contribution in [1.29, 1.82) is 0 Å². The first-order valence-corrected chi connectivity index (χ1v) is 12.6. The topological polar surface area (TPSA) is 156 Å². The van der Waals surface area contributed by atoms with Crippen molar-refractivity contribution in [3.63, 3.8) is 0 Å². The molecule has 35 heavy (non-hydrogen) atoms. The Morgan fingerprint density at radius 3 is 2.57 bits per heavy atom. The fourth-order valence-corrected chi connectivity index (χ4v) is 4.68. The van der Waals surface area contributed by atoms with E-state index in [0.717, 1.165) is 0 Å². The maximum absolute atomic E-state index is 12.5. The summed E-state index contributed by atoms with van der Waals surface area (Å²) in [6.45, 7) is 3.44. The molecular formula is C22H34N4O8S. The predicted octanol–water partition coefficient (Wildman–Crippen LogP) is -0.491. The van der Waals surface area contributed by atoms with Crippen molar-refractivity contribution >= 4 is 23.5 Å². The number of amides is 1. The van der Waals surface area contributed by atoms with Crippen molar-refractivity contribution in [3.05, 3.63) is 34.2 Å². The highest BCUT2D eigenvalue weighted by atomic mass is 32.2. The Morgan fingerprint density at radius 1 is 1.26 bits per heavy atom. The zero-order valence-electron chi connectivity index (χ0n) is 20.3. The number of hydrogen-bond donors (Lipinski definition) is 4. The van der Waals surface area contributed by atoms with Crippen LogP contribution in [0.2, 0.25) is 0 Å². The third kappa shape index (κ3) is 6.49. The number of ether oxygens (including phenoxy) is 3. The van der Waals surface area contributed by atoms with Crippen LogP contribution in [0.5, 0.6) is 0 Å². The van der Waals surface area contributed by atoms with Crippen molar-refractivity contribution in [3.8, 4) is 0 Å². The van der Waals surface area contributed by atoms with Crippen LogP contribution < -0.4 is 11.0 Å². The van der Waals surface area contributed by atoms with Crippen LogP contribution in [0, 0.1) is 0 Å². The number of nitrogens with one attached hydrogen (secondary N) is 1. The summed E-state index contributed by atoms with van der Waals surface area (Å²) in [5, 5.41) is 36.0. The molecule has 2 saturated heterocycles. The molecule has 13 heteroatoms. The first-order chi connectivity index (χ1) is 16.5. The minimum Gasteiger partial charge on any atom is -0.390 e.